The second kappa shape index (κ2) is 6.95. The molecule has 2 atom stereocenters. The molecule has 0 N–H and O–H groups in total. The average Bonchev–Trinajstić information content (AvgIpc) is 3.35. The molecule has 3 heterocycles. The predicted molar refractivity (Wildman–Crippen MR) is 89.8 cm³/mol. The van der Waals surface area contributed by atoms with Crippen molar-refractivity contribution in [3.8, 4) is 0 Å². The van der Waals surface area contributed by atoms with Crippen LogP contribution in [0.25, 0.3) is 10.8 Å². The Morgan fingerprint density at radius 1 is 1.36 bits per heavy atom. The first kappa shape index (κ1) is 16.3. The molecule has 1 fully saturated rings. The number of aromatic nitrogens is 3. The van der Waals surface area contributed by atoms with Crippen LogP contribution in [0.5, 0.6) is 0 Å². The van der Waals surface area contributed by atoms with Crippen LogP contribution in [0.15, 0.2) is 47.6 Å². The normalized spacial score (nSPS) is 23.5. The van der Waals surface area contributed by atoms with Crippen molar-refractivity contribution in [2.75, 3.05) is 19.8 Å². The maximum absolute atomic E-state index is 6.29. The lowest BCUT2D eigenvalue weighted by atomic mass is 10.1. The SMILES string of the molecule is CCCOCC1COC(Cn2cncn2)(c2occ3ccccc23)O1. The zero-order valence-corrected chi connectivity index (χ0v) is 14.1. The first-order chi connectivity index (χ1) is 12.3. The third-order valence-corrected chi connectivity index (χ3v) is 4.20. The summed E-state index contributed by atoms with van der Waals surface area (Å²) in [5.41, 5.74) is 0. The Hall–Kier alpha value is -2.22. The molecule has 4 rings (SSSR count). The first-order valence-electron chi connectivity index (χ1n) is 8.49. The number of benzene rings is 1. The van der Waals surface area contributed by atoms with Crippen LogP contribution in [-0.2, 0) is 26.5 Å². The van der Waals surface area contributed by atoms with E-state index in [-0.39, 0.29) is 6.10 Å². The van der Waals surface area contributed by atoms with Crippen LogP contribution in [0.3, 0.4) is 0 Å². The van der Waals surface area contributed by atoms with E-state index >= 15 is 0 Å². The van der Waals surface area contributed by atoms with Crippen LogP contribution in [0.2, 0.25) is 0 Å². The number of furan rings is 1. The van der Waals surface area contributed by atoms with Crippen LogP contribution in [0.4, 0.5) is 0 Å². The number of rotatable bonds is 7. The highest BCUT2D eigenvalue weighted by atomic mass is 16.8. The smallest absolute Gasteiger partial charge is 0.249 e. The van der Waals surface area contributed by atoms with Crippen molar-refractivity contribution in [2.24, 2.45) is 0 Å². The lowest BCUT2D eigenvalue weighted by Crippen LogP contribution is -2.34. The molecule has 1 saturated heterocycles. The minimum absolute atomic E-state index is 0.154. The summed E-state index contributed by atoms with van der Waals surface area (Å²) >= 11 is 0. The van der Waals surface area contributed by atoms with Gasteiger partial charge >= 0.3 is 0 Å². The van der Waals surface area contributed by atoms with Gasteiger partial charge in [0, 0.05) is 17.4 Å². The van der Waals surface area contributed by atoms with Crippen molar-refractivity contribution in [3.05, 3.63) is 48.9 Å². The molecule has 0 amide bonds. The summed E-state index contributed by atoms with van der Waals surface area (Å²) < 4.78 is 25.6. The molecule has 1 aromatic carbocycles. The zero-order chi connectivity index (χ0) is 17.1. The van der Waals surface area contributed by atoms with Crippen LogP contribution in [0, 0.1) is 0 Å². The van der Waals surface area contributed by atoms with E-state index in [1.165, 1.54) is 6.33 Å². The molecule has 0 saturated carbocycles. The average molecular weight is 343 g/mol. The van der Waals surface area contributed by atoms with Gasteiger partial charge in [-0.2, -0.15) is 5.10 Å². The largest absolute Gasteiger partial charge is 0.462 e. The van der Waals surface area contributed by atoms with E-state index in [0.29, 0.717) is 32.1 Å². The molecule has 0 aliphatic carbocycles. The number of nitrogens with zero attached hydrogens (tertiary/aromatic N) is 3. The molecule has 0 spiro atoms. The molecule has 7 nitrogen and oxygen atoms in total. The van der Waals surface area contributed by atoms with Crippen LogP contribution in [0.1, 0.15) is 19.1 Å². The molecule has 2 unspecified atom stereocenters. The topological polar surface area (TPSA) is 71.5 Å². The van der Waals surface area contributed by atoms with Gasteiger partial charge in [0.2, 0.25) is 5.79 Å². The van der Waals surface area contributed by atoms with Crippen molar-refractivity contribution in [3.63, 3.8) is 0 Å². The minimum Gasteiger partial charge on any atom is -0.462 e. The zero-order valence-electron chi connectivity index (χ0n) is 14.1. The molecule has 1 aliphatic heterocycles. The highest BCUT2D eigenvalue weighted by molar-refractivity contribution is 5.84. The van der Waals surface area contributed by atoms with E-state index in [1.54, 1.807) is 17.3 Å². The van der Waals surface area contributed by atoms with Gasteiger partial charge in [-0.1, -0.05) is 31.2 Å². The van der Waals surface area contributed by atoms with Crippen LogP contribution in [-0.4, -0.2) is 40.7 Å². The summed E-state index contributed by atoms with van der Waals surface area (Å²) in [4.78, 5) is 4.00. The van der Waals surface area contributed by atoms with Gasteiger partial charge in [0.15, 0.2) is 5.76 Å². The second-order valence-corrected chi connectivity index (χ2v) is 6.12. The van der Waals surface area contributed by atoms with E-state index in [0.717, 1.165) is 17.2 Å². The molecule has 7 heteroatoms. The summed E-state index contributed by atoms with van der Waals surface area (Å²) in [5.74, 6) is -0.395. The fourth-order valence-corrected chi connectivity index (χ4v) is 3.09. The quantitative estimate of drug-likeness (QED) is 0.614. The molecule has 2 aromatic heterocycles. The van der Waals surface area contributed by atoms with Crippen LogP contribution >= 0.6 is 0 Å². The Morgan fingerprint density at radius 3 is 3.12 bits per heavy atom. The highest BCUT2D eigenvalue weighted by Crippen LogP contribution is 2.40. The van der Waals surface area contributed by atoms with Crippen molar-refractivity contribution in [1.29, 1.82) is 0 Å². The van der Waals surface area contributed by atoms with Gasteiger partial charge in [-0.05, 0) is 6.42 Å². The van der Waals surface area contributed by atoms with E-state index in [4.69, 9.17) is 18.6 Å². The Morgan fingerprint density at radius 2 is 2.28 bits per heavy atom. The molecule has 0 radical (unpaired) electrons. The van der Waals surface area contributed by atoms with E-state index in [2.05, 4.69) is 17.0 Å². The summed E-state index contributed by atoms with van der Waals surface area (Å²) in [7, 11) is 0. The Labute approximate surface area is 145 Å². The molecular formula is C18H21N3O4. The van der Waals surface area contributed by atoms with Crippen molar-refractivity contribution >= 4 is 10.8 Å². The predicted octanol–water partition coefficient (Wildman–Crippen LogP) is 2.72. The van der Waals surface area contributed by atoms with E-state index in [1.807, 2.05) is 24.3 Å². The molecule has 132 valence electrons. The summed E-state index contributed by atoms with van der Waals surface area (Å²) in [6.45, 7) is 4.07. The maximum Gasteiger partial charge on any atom is 0.249 e. The number of hydrogen-bond donors (Lipinski definition) is 0. The molecule has 3 aromatic rings. The molecule has 0 bridgehead atoms. The third-order valence-electron chi connectivity index (χ3n) is 4.20. The maximum atomic E-state index is 6.29. The lowest BCUT2D eigenvalue weighted by Gasteiger charge is -2.26. The molecule has 1 aliphatic rings. The number of ether oxygens (including phenoxy) is 3. The van der Waals surface area contributed by atoms with Gasteiger partial charge in [-0.25, -0.2) is 9.67 Å². The standard InChI is InChI=1S/C18H21N3O4/c1-2-7-22-9-15-10-24-18(25-15,11-21-13-19-12-20-21)17-16-6-4-3-5-14(16)8-23-17/h3-6,8,12-13,15H,2,7,9-11H2,1H3. The van der Waals surface area contributed by atoms with Gasteiger partial charge in [0.25, 0.3) is 0 Å². The fourth-order valence-electron chi connectivity index (χ4n) is 3.09. The van der Waals surface area contributed by atoms with Gasteiger partial charge in [0.05, 0.1) is 19.5 Å². The second-order valence-electron chi connectivity index (χ2n) is 6.12. The molecular weight excluding hydrogens is 322 g/mol. The monoisotopic (exact) mass is 343 g/mol. The van der Waals surface area contributed by atoms with Gasteiger partial charge in [0.1, 0.15) is 25.3 Å². The van der Waals surface area contributed by atoms with Gasteiger partial charge in [-0.15, -0.1) is 0 Å². The van der Waals surface area contributed by atoms with Crippen molar-refractivity contribution in [1.82, 2.24) is 14.8 Å². The van der Waals surface area contributed by atoms with Crippen molar-refractivity contribution in [2.45, 2.75) is 31.8 Å². The van der Waals surface area contributed by atoms with E-state index in [9.17, 15) is 0 Å². The number of hydrogen-bond acceptors (Lipinski definition) is 6. The Kier molecular flexibility index (Phi) is 4.52. The third kappa shape index (κ3) is 3.18. The van der Waals surface area contributed by atoms with E-state index < -0.39 is 5.79 Å². The summed E-state index contributed by atoms with van der Waals surface area (Å²) in [6, 6.07) is 7.96. The fraction of sp³-hybridized carbons (Fsp3) is 0.444. The lowest BCUT2D eigenvalue weighted by molar-refractivity contribution is -0.203. The summed E-state index contributed by atoms with van der Waals surface area (Å²) in [5, 5.41) is 6.17. The molecule has 25 heavy (non-hydrogen) atoms. The van der Waals surface area contributed by atoms with Crippen LogP contribution < -0.4 is 0 Å². The highest BCUT2D eigenvalue weighted by Gasteiger charge is 2.47. The Bertz CT molecular complexity index is 817. The minimum atomic E-state index is -1.04. The summed E-state index contributed by atoms with van der Waals surface area (Å²) in [6.07, 6.45) is 5.67. The van der Waals surface area contributed by atoms with Gasteiger partial charge in [-0.3, -0.25) is 0 Å². The number of fused-ring (bicyclic) bond motifs is 1. The van der Waals surface area contributed by atoms with Crippen molar-refractivity contribution < 1.29 is 18.6 Å². The van der Waals surface area contributed by atoms with Gasteiger partial charge < -0.3 is 18.6 Å². The Balaban J connectivity index is 1.65. The first-order valence-corrected chi connectivity index (χ1v) is 8.49.